The van der Waals surface area contributed by atoms with Gasteiger partial charge in [-0.2, -0.15) is 0 Å². The molecule has 0 aromatic heterocycles. The molecule has 2 unspecified atom stereocenters. The van der Waals surface area contributed by atoms with Crippen LogP contribution in [0.4, 0.5) is 0 Å². The van der Waals surface area contributed by atoms with E-state index in [1.807, 2.05) is 6.92 Å². The maximum absolute atomic E-state index is 6.03. The molecule has 0 aromatic carbocycles. The summed E-state index contributed by atoms with van der Waals surface area (Å²) in [6, 6.07) is 0.0440. The Hall–Kier alpha value is -0.340. The molecule has 0 saturated carbocycles. The molecule has 0 bridgehead atoms. The highest BCUT2D eigenvalue weighted by molar-refractivity contribution is 4.96. The van der Waals surface area contributed by atoms with Crippen molar-refractivity contribution in [2.75, 3.05) is 7.11 Å². The zero-order valence-electron chi connectivity index (χ0n) is 9.55. The Bertz CT molecular complexity index is 169. The van der Waals surface area contributed by atoms with Gasteiger partial charge in [-0.1, -0.05) is 26.3 Å². The Morgan fingerprint density at radius 1 is 1.46 bits per heavy atom. The topological polar surface area (TPSA) is 35.2 Å². The summed E-state index contributed by atoms with van der Waals surface area (Å²) in [6.07, 6.45) is 0.916. The highest BCUT2D eigenvalue weighted by Gasteiger charge is 2.29. The average Bonchev–Trinajstić information content (AvgIpc) is 1.82. The third-order valence-electron chi connectivity index (χ3n) is 2.08. The first-order chi connectivity index (χ1) is 5.79. The van der Waals surface area contributed by atoms with Crippen LogP contribution < -0.4 is 5.73 Å². The number of rotatable bonds is 4. The molecule has 2 nitrogen and oxygen atoms in total. The van der Waals surface area contributed by atoms with Crippen LogP contribution in [-0.2, 0) is 4.74 Å². The van der Waals surface area contributed by atoms with Gasteiger partial charge in [-0.05, 0) is 18.8 Å². The maximum Gasteiger partial charge on any atom is 0.0773 e. The minimum atomic E-state index is 0.0440. The standard InChI is InChI=1S/C11H23NO/c1-8(2)7-9(12)10(13-6)11(3,4)5/h9-10H,1,7,12H2,2-6H3. The largest absolute Gasteiger partial charge is 0.379 e. The van der Waals surface area contributed by atoms with Gasteiger partial charge in [0.15, 0.2) is 0 Å². The van der Waals surface area contributed by atoms with Crippen molar-refractivity contribution in [2.24, 2.45) is 11.1 Å². The van der Waals surface area contributed by atoms with Gasteiger partial charge >= 0.3 is 0 Å². The van der Waals surface area contributed by atoms with Gasteiger partial charge in [-0.3, -0.25) is 0 Å². The van der Waals surface area contributed by atoms with E-state index in [-0.39, 0.29) is 17.6 Å². The highest BCUT2D eigenvalue weighted by atomic mass is 16.5. The summed E-state index contributed by atoms with van der Waals surface area (Å²) in [5.41, 5.74) is 7.23. The first-order valence-electron chi connectivity index (χ1n) is 4.71. The van der Waals surface area contributed by atoms with E-state index in [2.05, 4.69) is 27.4 Å². The van der Waals surface area contributed by atoms with E-state index in [0.717, 1.165) is 12.0 Å². The molecule has 0 spiro atoms. The second-order valence-corrected chi connectivity index (χ2v) is 4.85. The monoisotopic (exact) mass is 185 g/mol. The van der Waals surface area contributed by atoms with Gasteiger partial charge in [0.2, 0.25) is 0 Å². The zero-order chi connectivity index (χ0) is 10.6. The Balaban J connectivity index is 4.32. The fourth-order valence-electron chi connectivity index (χ4n) is 1.68. The van der Waals surface area contributed by atoms with Gasteiger partial charge in [-0.15, -0.1) is 6.58 Å². The summed E-state index contributed by atoms with van der Waals surface area (Å²) in [4.78, 5) is 0. The molecular weight excluding hydrogens is 162 g/mol. The first-order valence-corrected chi connectivity index (χ1v) is 4.71. The lowest BCUT2D eigenvalue weighted by Crippen LogP contribution is -2.44. The van der Waals surface area contributed by atoms with Crippen LogP contribution >= 0.6 is 0 Å². The summed E-state index contributed by atoms with van der Waals surface area (Å²) in [7, 11) is 1.72. The molecule has 13 heavy (non-hydrogen) atoms. The molecule has 0 amide bonds. The summed E-state index contributed by atoms with van der Waals surface area (Å²) in [6.45, 7) is 12.3. The van der Waals surface area contributed by atoms with Crippen molar-refractivity contribution >= 4 is 0 Å². The Kier molecular flexibility index (Phi) is 4.65. The van der Waals surface area contributed by atoms with E-state index in [9.17, 15) is 0 Å². The lowest BCUT2D eigenvalue weighted by Gasteiger charge is -2.34. The van der Waals surface area contributed by atoms with Crippen LogP contribution in [0.2, 0.25) is 0 Å². The van der Waals surface area contributed by atoms with Crippen molar-refractivity contribution in [3.8, 4) is 0 Å². The van der Waals surface area contributed by atoms with Crippen LogP contribution in [0.25, 0.3) is 0 Å². The second kappa shape index (κ2) is 4.77. The SMILES string of the molecule is C=C(C)CC(N)C(OC)C(C)(C)C. The van der Waals surface area contributed by atoms with E-state index < -0.39 is 0 Å². The summed E-state index contributed by atoms with van der Waals surface area (Å²) in [5, 5.41) is 0. The Labute approximate surface area is 82.2 Å². The van der Waals surface area contributed by atoms with Crippen molar-refractivity contribution in [2.45, 2.75) is 46.3 Å². The van der Waals surface area contributed by atoms with Gasteiger partial charge in [-0.25, -0.2) is 0 Å². The Morgan fingerprint density at radius 2 is 1.92 bits per heavy atom. The van der Waals surface area contributed by atoms with Crippen LogP contribution in [0.1, 0.15) is 34.1 Å². The molecule has 0 heterocycles. The van der Waals surface area contributed by atoms with E-state index in [1.54, 1.807) is 7.11 Å². The molecule has 0 radical (unpaired) electrons. The molecule has 0 aromatic rings. The molecule has 78 valence electrons. The van der Waals surface area contributed by atoms with E-state index in [0.29, 0.717) is 0 Å². The minimum Gasteiger partial charge on any atom is -0.379 e. The highest BCUT2D eigenvalue weighted by Crippen LogP contribution is 2.25. The van der Waals surface area contributed by atoms with Gasteiger partial charge in [0.05, 0.1) is 6.10 Å². The molecule has 0 aliphatic rings. The van der Waals surface area contributed by atoms with Crippen LogP contribution in [-0.4, -0.2) is 19.3 Å². The third-order valence-corrected chi connectivity index (χ3v) is 2.08. The van der Waals surface area contributed by atoms with E-state index in [1.165, 1.54) is 0 Å². The van der Waals surface area contributed by atoms with E-state index in [4.69, 9.17) is 10.5 Å². The quantitative estimate of drug-likeness (QED) is 0.682. The van der Waals surface area contributed by atoms with Crippen molar-refractivity contribution < 1.29 is 4.74 Å². The molecule has 2 heteroatoms. The number of hydrogen-bond donors (Lipinski definition) is 1. The van der Waals surface area contributed by atoms with Crippen molar-refractivity contribution in [1.82, 2.24) is 0 Å². The van der Waals surface area contributed by atoms with Gasteiger partial charge in [0.25, 0.3) is 0 Å². The lowest BCUT2D eigenvalue weighted by atomic mass is 9.83. The number of hydrogen-bond acceptors (Lipinski definition) is 2. The summed E-state index contributed by atoms with van der Waals surface area (Å²) < 4.78 is 5.41. The predicted octanol–water partition coefficient (Wildman–Crippen LogP) is 2.34. The van der Waals surface area contributed by atoms with Crippen LogP contribution in [0.5, 0.6) is 0 Å². The molecule has 0 aliphatic heterocycles. The molecule has 0 rings (SSSR count). The lowest BCUT2D eigenvalue weighted by molar-refractivity contribution is -0.00161. The number of nitrogens with two attached hydrogens (primary N) is 1. The second-order valence-electron chi connectivity index (χ2n) is 4.85. The number of methoxy groups -OCH3 is 1. The van der Waals surface area contributed by atoms with Gasteiger partial charge < -0.3 is 10.5 Å². The van der Waals surface area contributed by atoms with Crippen molar-refractivity contribution in [3.05, 3.63) is 12.2 Å². The molecule has 0 aliphatic carbocycles. The molecule has 2 N–H and O–H groups in total. The fraction of sp³-hybridized carbons (Fsp3) is 0.818. The van der Waals surface area contributed by atoms with Crippen molar-refractivity contribution in [1.29, 1.82) is 0 Å². The molecule has 2 atom stereocenters. The molecule has 0 fully saturated rings. The summed E-state index contributed by atoms with van der Waals surface area (Å²) >= 11 is 0. The van der Waals surface area contributed by atoms with Crippen LogP contribution in [0, 0.1) is 5.41 Å². The van der Waals surface area contributed by atoms with Crippen LogP contribution in [0.15, 0.2) is 12.2 Å². The van der Waals surface area contributed by atoms with Gasteiger partial charge in [0, 0.05) is 13.2 Å². The zero-order valence-corrected chi connectivity index (χ0v) is 9.55. The predicted molar refractivity (Wildman–Crippen MR) is 57.7 cm³/mol. The maximum atomic E-state index is 6.03. The summed E-state index contributed by atoms with van der Waals surface area (Å²) in [5.74, 6) is 0. The molecule has 0 saturated heterocycles. The van der Waals surface area contributed by atoms with Gasteiger partial charge in [0.1, 0.15) is 0 Å². The minimum absolute atomic E-state index is 0.0440. The Morgan fingerprint density at radius 3 is 2.15 bits per heavy atom. The third kappa shape index (κ3) is 4.44. The number of ether oxygens (including phenoxy) is 1. The van der Waals surface area contributed by atoms with E-state index >= 15 is 0 Å². The smallest absolute Gasteiger partial charge is 0.0773 e. The first kappa shape index (κ1) is 12.7. The molecular formula is C11H23NO. The van der Waals surface area contributed by atoms with Crippen molar-refractivity contribution in [3.63, 3.8) is 0 Å². The fourth-order valence-corrected chi connectivity index (χ4v) is 1.68. The van der Waals surface area contributed by atoms with Crippen LogP contribution in [0.3, 0.4) is 0 Å². The normalized spacial score (nSPS) is 16.8. The average molecular weight is 185 g/mol.